The molecule has 0 spiro atoms. The highest BCUT2D eigenvalue weighted by Crippen LogP contribution is 2.39. The van der Waals surface area contributed by atoms with Crippen molar-refractivity contribution in [3.05, 3.63) is 55.7 Å². The third kappa shape index (κ3) is 2.52. The SMILES string of the molecule is Cc1ccc(C(Cl)c2scc(C)c2Cl)cc1C. The maximum absolute atomic E-state index is 6.50. The Bertz CT molecular complexity index is 543. The van der Waals surface area contributed by atoms with Crippen LogP contribution in [0.5, 0.6) is 0 Å². The van der Waals surface area contributed by atoms with Gasteiger partial charge in [0.2, 0.25) is 0 Å². The molecule has 0 fully saturated rings. The molecule has 1 heterocycles. The van der Waals surface area contributed by atoms with E-state index >= 15 is 0 Å². The lowest BCUT2D eigenvalue weighted by molar-refractivity contribution is 1.16. The third-order valence-corrected chi connectivity index (χ3v) is 5.36. The van der Waals surface area contributed by atoms with Crippen LogP contribution in [0.2, 0.25) is 5.02 Å². The molecule has 1 atom stereocenters. The number of alkyl halides is 1. The van der Waals surface area contributed by atoms with Gasteiger partial charge in [0, 0.05) is 4.88 Å². The van der Waals surface area contributed by atoms with Gasteiger partial charge in [-0.15, -0.1) is 22.9 Å². The number of halogens is 2. The number of hydrogen-bond donors (Lipinski definition) is 0. The summed E-state index contributed by atoms with van der Waals surface area (Å²) < 4.78 is 0. The van der Waals surface area contributed by atoms with E-state index in [4.69, 9.17) is 23.2 Å². The Labute approximate surface area is 116 Å². The summed E-state index contributed by atoms with van der Waals surface area (Å²) in [5, 5.41) is 2.70. The average Bonchev–Trinajstić information content (AvgIpc) is 2.63. The number of rotatable bonds is 2. The van der Waals surface area contributed by atoms with Gasteiger partial charge in [0.15, 0.2) is 0 Å². The second-order valence-electron chi connectivity index (χ2n) is 4.30. The van der Waals surface area contributed by atoms with Crippen molar-refractivity contribution in [3.8, 4) is 0 Å². The predicted octanol–water partition coefficient (Wildman–Crippen LogP) is 5.65. The van der Waals surface area contributed by atoms with Crippen LogP contribution in [0.4, 0.5) is 0 Å². The number of thiophene rings is 1. The fourth-order valence-electron chi connectivity index (χ4n) is 1.69. The van der Waals surface area contributed by atoms with Crippen LogP contribution in [0.25, 0.3) is 0 Å². The zero-order valence-electron chi connectivity index (χ0n) is 10.1. The molecule has 0 aliphatic carbocycles. The van der Waals surface area contributed by atoms with Crippen molar-refractivity contribution in [1.82, 2.24) is 0 Å². The van der Waals surface area contributed by atoms with Crippen molar-refractivity contribution in [2.45, 2.75) is 26.1 Å². The zero-order chi connectivity index (χ0) is 12.6. The van der Waals surface area contributed by atoms with E-state index in [-0.39, 0.29) is 5.38 Å². The Kier molecular flexibility index (Phi) is 3.82. The van der Waals surface area contributed by atoms with Gasteiger partial charge in [0.25, 0.3) is 0 Å². The normalized spacial score (nSPS) is 12.8. The molecular formula is C14H14Cl2S. The van der Waals surface area contributed by atoms with Gasteiger partial charge in [-0.2, -0.15) is 0 Å². The molecule has 0 bridgehead atoms. The summed E-state index contributed by atoms with van der Waals surface area (Å²) in [6.07, 6.45) is 0. The number of aryl methyl sites for hydroxylation is 3. The fourth-order valence-corrected chi connectivity index (χ4v) is 3.45. The van der Waals surface area contributed by atoms with Crippen LogP contribution in [0, 0.1) is 20.8 Å². The Morgan fingerprint density at radius 3 is 2.29 bits per heavy atom. The van der Waals surface area contributed by atoms with E-state index in [1.54, 1.807) is 11.3 Å². The first-order valence-electron chi connectivity index (χ1n) is 5.45. The van der Waals surface area contributed by atoms with E-state index < -0.39 is 0 Å². The van der Waals surface area contributed by atoms with Crippen LogP contribution < -0.4 is 0 Å². The molecule has 0 saturated carbocycles. The summed E-state index contributed by atoms with van der Waals surface area (Å²) in [5.41, 5.74) is 4.75. The van der Waals surface area contributed by atoms with Gasteiger partial charge in [-0.1, -0.05) is 29.8 Å². The minimum atomic E-state index is -0.152. The lowest BCUT2D eigenvalue weighted by atomic mass is 10.0. The van der Waals surface area contributed by atoms with Gasteiger partial charge in [-0.05, 0) is 48.4 Å². The van der Waals surface area contributed by atoms with Gasteiger partial charge in [-0.25, -0.2) is 0 Å². The quantitative estimate of drug-likeness (QED) is 0.625. The minimum absolute atomic E-state index is 0.152. The van der Waals surface area contributed by atoms with Gasteiger partial charge < -0.3 is 0 Å². The largest absolute Gasteiger partial charge is 0.145 e. The molecule has 0 aliphatic rings. The van der Waals surface area contributed by atoms with E-state index in [1.165, 1.54) is 11.1 Å². The van der Waals surface area contributed by atoms with E-state index in [9.17, 15) is 0 Å². The standard InChI is InChI=1S/C14H14Cl2S/c1-8-4-5-11(6-9(8)2)13(16)14-12(15)10(3)7-17-14/h4-7,13H,1-3H3. The number of benzene rings is 1. The fraction of sp³-hybridized carbons (Fsp3) is 0.286. The van der Waals surface area contributed by atoms with Crippen molar-refractivity contribution >= 4 is 34.5 Å². The van der Waals surface area contributed by atoms with Crippen LogP contribution in [0.1, 0.15) is 32.5 Å². The molecule has 0 saturated heterocycles. The van der Waals surface area contributed by atoms with Crippen LogP contribution in [-0.2, 0) is 0 Å². The topological polar surface area (TPSA) is 0 Å². The van der Waals surface area contributed by atoms with Gasteiger partial charge in [-0.3, -0.25) is 0 Å². The molecule has 1 unspecified atom stereocenters. The molecular weight excluding hydrogens is 271 g/mol. The average molecular weight is 285 g/mol. The predicted molar refractivity (Wildman–Crippen MR) is 77.7 cm³/mol. The Hall–Kier alpha value is -0.500. The van der Waals surface area contributed by atoms with E-state index in [0.717, 1.165) is 21.0 Å². The number of hydrogen-bond acceptors (Lipinski definition) is 1. The summed E-state index contributed by atoms with van der Waals surface area (Å²) >= 11 is 14.4. The summed E-state index contributed by atoms with van der Waals surface area (Å²) in [4.78, 5) is 1.04. The summed E-state index contributed by atoms with van der Waals surface area (Å²) in [6.45, 7) is 6.21. The van der Waals surface area contributed by atoms with Crippen LogP contribution in [0.3, 0.4) is 0 Å². The molecule has 0 amide bonds. The summed E-state index contributed by atoms with van der Waals surface area (Å²) in [7, 11) is 0. The molecule has 0 aliphatic heterocycles. The first-order chi connectivity index (χ1) is 8.00. The molecule has 1 aromatic heterocycles. The molecule has 0 nitrogen and oxygen atoms in total. The van der Waals surface area contributed by atoms with Crippen molar-refractivity contribution in [2.24, 2.45) is 0 Å². The maximum Gasteiger partial charge on any atom is 0.0942 e. The van der Waals surface area contributed by atoms with Crippen molar-refractivity contribution < 1.29 is 0 Å². The van der Waals surface area contributed by atoms with Crippen LogP contribution >= 0.6 is 34.5 Å². The zero-order valence-corrected chi connectivity index (χ0v) is 12.4. The summed E-state index contributed by atoms with van der Waals surface area (Å²) in [5.74, 6) is 0. The maximum atomic E-state index is 6.50. The van der Waals surface area contributed by atoms with Gasteiger partial charge >= 0.3 is 0 Å². The molecule has 2 rings (SSSR count). The molecule has 17 heavy (non-hydrogen) atoms. The second kappa shape index (κ2) is 5.01. The Morgan fingerprint density at radius 1 is 1.06 bits per heavy atom. The second-order valence-corrected chi connectivity index (χ2v) is 6.03. The third-order valence-electron chi connectivity index (χ3n) is 2.98. The smallest absolute Gasteiger partial charge is 0.0942 e. The Morgan fingerprint density at radius 2 is 1.76 bits per heavy atom. The highest BCUT2D eigenvalue weighted by atomic mass is 35.5. The lowest BCUT2D eigenvalue weighted by Gasteiger charge is -2.11. The van der Waals surface area contributed by atoms with E-state index in [2.05, 4.69) is 32.0 Å². The molecule has 0 N–H and O–H groups in total. The van der Waals surface area contributed by atoms with Gasteiger partial charge in [0.1, 0.15) is 0 Å². The molecule has 0 radical (unpaired) electrons. The molecule has 2 aromatic rings. The van der Waals surface area contributed by atoms with Gasteiger partial charge in [0.05, 0.1) is 10.4 Å². The first-order valence-corrected chi connectivity index (χ1v) is 7.15. The molecule has 90 valence electrons. The molecule has 1 aromatic carbocycles. The van der Waals surface area contributed by atoms with Crippen molar-refractivity contribution in [3.63, 3.8) is 0 Å². The first kappa shape index (κ1) is 12.9. The van der Waals surface area contributed by atoms with Crippen LogP contribution in [-0.4, -0.2) is 0 Å². The minimum Gasteiger partial charge on any atom is -0.145 e. The monoisotopic (exact) mass is 284 g/mol. The van der Waals surface area contributed by atoms with Crippen molar-refractivity contribution in [2.75, 3.05) is 0 Å². The van der Waals surface area contributed by atoms with Crippen molar-refractivity contribution in [1.29, 1.82) is 0 Å². The van der Waals surface area contributed by atoms with E-state index in [0.29, 0.717) is 0 Å². The highest BCUT2D eigenvalue weighted by Gasteiger charge is 2.17. The highest BCUT2D eigenvalue weighted by molar-refractivity contribution is 7.11. The summed E-state index contributed by atoms with van der Waals surface area (Å²) in [6, 6.07) is 6.32. The Balaban J connectivity index is 2.40. The molecule has 3 heteroatoms. The lowest BCUT2D eigenvalue weighted by Crippen LogP contribution is -1.93. The van der Waals surface area contributed by atoms with Crippen LogP contribution in [0.15, 0.2) is 23.6 Å². The van der Waals surface area contributed by atoms with E-state index in [1.807, 2.05) is 12.3 Å².